The number of aliphatic hydroxyl groups excluding tert-OH is 1. The van der Waals surface area contributed by atoms with E-state index in [1.807, 2.05) is 31.6 Å². The average Bonchev–Trinajstić information content (AvgIpc) is 2.51. The Kier molecular flexibility index (Phi) is 6.33. The number of halogens is 1. The van der Waals surface area contributed by atoms with Crippen molar-refractivity contribution in [2.75, 3.05) is 20.6 Å². The summed E-state index contributed by atoms with van der Waals surface area (Å²) in [6, 6.07) is 3.95. The van der Waals surface area contributed by atoms with Crippen molar-refractivity contribution in [2.45, 2.75) is 12.5 Å². The average molecular weight is 222 g/mol. The molecule has 0 fully saturated rings. The molecule has 76 valence electrons. The highest BCUT2D eigenvalue weighted by atomic mass is 35.5. The monoisotopic (exact) mass is 221 g/mol. The molecule has 0 saturated heterocycles. The first-order chi connectivity index (χ1) is 5.70. The molecule has 0 spiro atoms. The maximum absolute atomic E-state index is 9.64. The van der Waals surface area contributed by atoms with Gasteiger partial charge in [-0.2, -0.15) is 0 Å². The van der Waals surface area contributed by atoms with Gasteiger partial charge in [-0.25, -0.2) is 0 Å². The van der Waals surface area contributed by atoms with Crippen molar-refractivity contribution in [1.82, 2.24) is 4.90 Å². The fourth-order valence-electron chi connectivity index (χ4n) is 1.00. The van der Waals surface area contributed by atoms with E-state index in [1.54, 1.807) is 11.3 Å². The molecule has 4 heteroatoms. The lowest BCUT2D eigenvalue weighted by molar-refractivity contribution is 0.158. The number of nitrogens with zero attached hydrogens (tertiary/aromatic N) is 1. The molecule has 0 aliphatic heterocycles. The van der Waals surface area contributed by atoms with E-state index in [-0.39, 0.29) is 18.5 Å². The third kappa shape index (κ3) is 4.62. The van der Waals surface area contributed by atoms with Crippen LogP contribution in [0.4, 0.5) is 0 Å². The van der Waals surface area contributed by atoms with Crippen molar-refractivity contribution in [3.63, 3.8) is 0 Å². The van der Waals surface area contributed by atoms with Crippen LogP contribution in [-0.2, 0) is 0 Å². The Morgan fingerprint density at radius 1 is 1.54 bits per heavy atom. The smallest absolute Gasteiger partial charge is 0.0894 e. The van der Waals surface area contributed by atoms with Crippen LogP contribution in [0.3, 0.4) is 0 Å². The summed E-state index contributed by atoms with van der Waals surface area (Å²) < 4.78 is 0. The van der Waals surface area contributed by atoms with Gasteiger partial charge in [0.1, 0.15) is 0 Å². The highest BCUT2D eigenvalue weighted by Gasteiger charge is 2.07. The van der Waals surface area contributed by atoms with Gasteiger partial charge >= 0.3 is 0 Å². The summed E-state index contributed by atoms with van der Waals surface area (Å²) in [6.07, 6.45) is 0.528. The van der Waals surface area contributed by atoms with Gasteiger partial charge in [-0.15, -0.1) is 23.7 Å². The van der Waals surface area contributed by atoms with Crippen LogP contribution < -0.4 is 0 Å². The Balaban J connectivity index is 0.00000144. The molecule has 1 aromatic rings. The molecule has 1 atom stereocenters. The molecular formula is C9H16ClNOS. The van der Waals surface area contributed by atoms with E-state index in [4.69, 9.17) is 0 Å². The first kappa shape index (κ1) is 12.9. The second kappa shape index (κ2) is 6.38. The zero-order valence-corrected chi connectivity index (χ0v) is 9.57. The fourth-order valence-corrected chi connectivity index (χ4v) is 1.75. The molecule has 0 aliphatic rings. The second-order valence-corrected chi connectivity index (χ2v) is 4.10. The first-order valence-corrected chi connectivity index (χ1v) is 4.94. The van der Waals surface area contributed by atoms with E-state index >= 15 is 0 Å². The molecule has 0 radical (unpaired) electrons. The second-order valence-electron chi connectivity index (χ2n) is 3.12. The maximum Gasteiger partial charge on any atom is 0.0894 e. The van der Waals surface area contributed by atoms with Gasteiger partial charge < -0.3 is 10.0 Å². The Labute approximate surface area is 89.6 Å². The predicted octanol–water partition coefficient (Wildman–Crippen LogP) is 2.16. The predicted molar refractivity (Wildman–Crippen MR) is 59.7 cm³/mol. The molecule has 1 rings (SSSR count). The molecule has 1 N–H and O–H groups in total. The van der Waals surface area contributed by atoms with E-state index in [9.17, 15) is 5.11 Å². The van der Waals surface area contributed by atoms with Gasteiger partial charge in [0.25, 0.3) is 0 Å². The van der Waals surface area contributed by atoms with E-state index in [2.05, 4.69) is 4.90 Å². The molecule has 13 heavy (non-hydrogen) atoms. The van der Waals surface area contributed by atoms with Crippen molar-refractivity contribution in [1.29, 1.82) is 0 Å². The molecule has 0 amide bonds. The minimum absolute atomic E-state index is 0. The summed E-state index contributed by atoms with van der Waals surface area (Å²) in [5.74, 6) is 0. The minimum Gasteiger partial charge on any atom is -0.388 e. The zero-order valence-electron chi connectivity index (χ0n) is 7.93. The summed E-state index contributed by atoms with van der Waals surface area (Å²) in [6.45, 7) is 0.930. The van der Waals surface area contributed by atoms with Crippen molar-refractivity contribution in [2.24, 2.45) is 0 Å². The highest BCUT2D eigenvalue weighted by molar-refractivity contribution is 7.10. The van der Waals surface area contributed by atoms with Gasteiger partial charge in [0.05, 0.1) is 6.10 Å². The van der Waals surface area contributed by atoms with E-state index in [0.717, 1.165) is 17.8 Å². The standard InChI is InChI=1S/C9H15NOS.ClH/c1-10(2)6-5-8(11)9-4-3-7-12-9;/h3-4,7-8,11H,5-6H2,1-2H3;1H. The van der Waals surface area contributed by atoms with Gasteiger partial charge in [-0.3, -0.25) is 0 Å². The van der Waals surface area contributed by atoms with Crippen LogP contribution >= 0.6 is 23.7 Å². The van der Waals surface area contributed by atoms with Crippen LogP contribution in [0.25, 0.3) is 0 Å². The Bertz CT molecular complexity index is 213. The van der Waals surface area contributed by atoms with Crippen LogP contribution in [0.5, 0.6) is 0 Å². The molecule has 0 aliphatic carbocycles. The maximum atomic E-state index is 9.64. The van der Waals surface area contributed by atoms with E-state index in [1.165, 1.54) is 0 Å². The third-order valence-corrected chi connectivity index (χ3v) is 2.69. The first-order valence-electron chi connectivity index (χ1n) is 4.06. The van der Waals surface area contributed by atoms with Gasteiger partial charge in [-0.05, 0) is 32.0 Å². The summed E-state index contributed by atoms with van der Waals surface area (Å²) in [4.78, 5) is 3.15. The number of thiophene rings is 1. The van der Waals surface area contributed by atoms with Crippen LogP contribution in [0.1, 0.15) is 17.4 Å². The molecule has 2 nitrogen and oxygen atoms in total. The molecule has 0 bridgehead atoms. The van der Waals surface area contributed by atoms with Crippen LogP contribution in [0, 0.1) is 0 Å². The van der Waals surface area contributed by atoms with E-state index < -0.39 is 0 Å². The Morgan fingerprint density at radius 3 is 2.69 bits per heavy atom. The van der Waals surface area contributed by atoms with Gasteiger partial charge in [-0.1, -0.05) is 6.07 Å². The van der Waals surface area contributed by atoms with Crippen molar-refractivity contribution in [3.8, 4) is 0 Å². The van der Waals surface area contributed by atoms with Gasteiger partial charge in [0.15, 0.2) is 0 Å². The molecule has 1 heterocycles. The van der Waals surface area contributed by atoms with Crippen LogP contribution in [-0.4, -0.2) is 30.6 Å². The summed E-state index contributed by atoms with van der Waals surface area (Å²) in [5, 5.41) is 11.6. The normalized spacial score (nSPS) is 12.6. The van der Waals surface area contributed by atoms with Crippen LogP contribution in [0.2, 0.25) is 0 Å². The van der Waals surface area contributed by atoms with Gasteiger partial charge in [0, 0.05) is 11.4 Å². The summed E-state index contributed by atoms with van der Waals surface area (Å²) in [7, 11) is 4.03. The van der Waals surface area contributed by atoms with E-state index in [0.29, 0.717) is 0 Å². The minimum atomic E-state index is -0.285. The number of rotatable bonds is 4. The Hall–Kier alpha value is -0.0900. The Morgan fingerprint density at radius 2 is 2.23 bits per heavy atom. The van der Waals surface area contributed by atoms with Crippen molar-refractivity contribution < 1.29 is 5.11 Å². The highest BCUT2D eigenvalue weighted by Crippen LogP contribution is 2.21. The van der Waals surface area contributed by atoms with Crippen molar-refractivity contribution >= 4 is 23.7 Å². The largest absolute Gasteiger partial charge is 0.388 e. The van der Waals surface area contributed by atoms with Crippen LogP contribution in [0.15, 0.2) is 17.5 Å². The molecule has 1 unspecified atom stereocenters. The fraction of sp³-hybridized carbons (Fsp3) is 0.556. The number of aliphatic hydroxyl groups is 1. The third-order valence-electron chi connectivity index (χ3n) is 1.72. The number of hydrogen-bond donors (Lipinski definition) is 1. The zero-order chi connectivity index (χ0) is 8.97. The lowest BCUT2D eigenvalue weighted by Crippen LogP contribution is -2.15. The lowest BCUT2D eigenvalue weighted by Gasteiger charge is -2.12. The SMILES string of the molecule is CN(C)CCC(O)c1cccs1.Cl. The molecular weight excluding hydrogens is 206 g/mol. The van der Waals surface area contributed by atoms with Gasteiger partial charge in [0.2, 0.25) is 0 Å². The topological polar surface area (TPSA) is 23.5 Å². The van der Waals surface area contributed by atoms with Crippen molar-refractivity contribution in [3.05, 3.63) is 22.4 Å². The molecule has 1 aromatic heterocycles. The summed E-state index contributed by atoms with van der Waals surface area (Å²) >= 11 is 1.61. The number of hydrogen-bond acceptors (Lipinski definition) is 3. The molecule has 0 aromatic carbocycles. The quantitative estimate of drug-likeness (QED) is 0.843. The summed E-state index contributed by atoms with van der Waals surface area (Å²) in [5.41, 5.74) is 0. The lowest BCUT2D eigenvalue weighted by atomic mass is 10.2. The molecule has 0 saturated carbocycles.